The summed E-state index contributed by atoms with van der Waals surface area (Å²) in [5.41, 5.74) is -0.717. The van der Waals surface area contributed by atoms with Crippen LogP contribution in [0.3, 0.4) is 0 Å². The monoisotopic (exact) mass is 379 g/mol. The van der Waals surface area contributed by atoms with Crippen LogP contribution in [0.15, 0.2) is 36.4 Å². The first-order valence-electron chi connectivity index (χ1n) is 8.01. The Labute approximate surface area is 154 Å². The van der Waals surface area contributed by atoms with Crippen LogP contribution < -0.4 is 14.2 Å². The van der Waals surface area contributed by atoms with Crippen LogP contribution in [0.2, 0.25) is 0 Å². The lowest BCUT2D eigenvalue weighted by atomic mass is 10.1. The predicted molar refractivity (Wildman–Crippen MR) is 93.0 cm³/mol. The molecule has 0 fully saturated rings. The Hall–Kier alpha value is -3.36. The third-order valence-electron chi connectivity index (χ3n) is 3.40. The second-order valence-corrected chi connectivity index (χ2v) is 5.15. The molecular weight excluding hydrogens is 361 g/mol. The van der Waals surface area contributed by atoms with E-state index in [4.69, 9.17) is 18.9 Å². The maximum atomic E-state index is 12.8. The lowest BCUT2D eigenvalue weighted by molar-refractivity contribution is -0.385. The number of rotatable bonds is 9. The maximum absolute atomic E-state index is 12.8. The van der Waals surface area contributed by atoms with Crippen molar-refractivity contribution < 1.29 is 33.1 Å². The molecule has 8 nitrogen and oxygen atoms in total. The van der Waals surface area contributed by atoms with Crippen molar-refractivity contribution in [1.82, 2.24) is 0 Å². The zero-order valence-corrected chi connectivity index (χ0v) is 14.8. The molecule has 0 saturated carbocycles. The van der Waals surface area contributed by atoms with E-state index in [1.165, 1.54) is 37.4 Å². The smallest absolute Gasteiger partial charge is 0.345 e. The van der Waals surface area contributed by atoms with Gasteiger partial charge in [0.25, 0.3) is 5.69 Å². The molecule has 0 aliphatic carbocycles. The highest BCUT2D eigenvalue weighted by Crippen LogP contribution is 2.35. The van der Waals surface area contributed by atoms with Gasteiger partial charge >= 0.3 is 5.97 Å². The molecule has 0 atom stereocenters. The first-order chi connectivity index (χ1) is 13.0. The zero-order valence-electron chi connectivity index (χ0n) is 14.8. The molecule has 2 aromatic rings. The predicted octanol–water partition coefficient (Wildman–Crippen LogP) is 3.38. The lowest BCUT2D eigenvalue weighted by Gasteiger charge is -2.12. The highest BCUT2D eigenvalue weighted by atomic mass is 19.1. The van der Waals surface area contributed by atoms with Gasteiger partial charge in [0.05, 0.1) is 24.7 Å². The summed E-state index contributed by atoms with van der Waals surface area (Å²) < 4.78 is 33.5. The summed E-state index contributed by atoms with van der Waals surface area (Å²) in [7, 11) is 1.34. The van der Waals surface area contributed by atoms with Gasteiger partial charge in [-0.25, -0.2) is 9.18 Å². The van der Waals surface area contributed by atoms with E-state index in [0.717, 1.165) is 6.07 Å². The minimum Gasteiger partial charge on any atom is -0.493 e. The third kappa shape index (κ3) is 5.30. The molecule has 9 heteroatoms. The first-order valence-corrected chi connectivity index (χ1v) is 8.01. The number of hydrogen-bond acceptors (Lipinski definition) is 7. The van der Waals surface area contributed by atoms with Gasteiger partial charge in [-0.3, -0.25) is 10.1 Å². The molecule has 27 heavy (non-hydrogen) atoms. The number of halogens is 1. The van der Waals surface area contributed by atoms with Crippen LogP contribution in [-0.4, -0.2) is 37.8 Å². The van der Waals surface area contributed by atoms with E-state index < -0.39 is 22.4 Å². The van der Waals surface area contributed by atoms with Gasteiger partial charge in [0.1, 0.15) is 30.3 Å². The van der Waals surface area contributed by atoms with Crippen LogP contribution in [0.5, 0.6) is 17.2 Å². The lowest BCUT2D eigenvalue weighted by Crippen LogP contribution is -2.14. The number of ether oxygens (including phenoxy) is 4. The van der Waals surface area contributed by atoms with Crippen molar-refractivity contribution >= 4 is 11.7 Å². The fourth-order valence-electron chi connectivity index (χ4n) is 2.19. The highest BCUT2D eigenvalue weighted by Gasteiger charge is 2.25. The second-order valence-electron chi connectivity index (χ2n) is 5.15. The van der Waals surface area contributed by atoms with E-state index in [0.29, 0.717) is 5.75 Å². The fraction of sp³-hybridized carbons (Fsp3) is 0.278. The number of carbonyl (C=O) groups is 1. The van der Waals surface area contributed by atoms with Crippen LogP contribution in [-0.2, 0) is 4.74 Å². The molecule has 2 aromatic carbocycles. The van der Waals surface area contributed by atoms with Crippen LogP contribution in [0, 0.1) is 15.9 Å². The molecule has 0 unspecified atom stereocenters. The number of nitro groups is 1. The van der Waals surface area contributed by atoms with Gasteiger partial charge in [-0.1, -0.05) is 0 Å². The van der Waals surface area contributed by atoms with Crippen molar-refractivity contribution in [2.75, 3.05) is 26.9 Å². The SMILES string of the molecule is CCOc1cc(C(=O)OCCOc2ccc(F)cc2)c([N+](=O)[O-])cc1OC. The summed E-state index contributed by atoms with van der Waals surface area (Å²) in [5.74, 6) is -0.555. The number of methoxy groups -OCH3 is 1. The molecule has 0 saturated heterocycles. The average molecular weight is 379 g/mol. The van der Waals surface area contributed by atoms with Crippen molar-refractivity contribution in [2.45, 2.75) is 6.92 Å². The van der Waals surface area contributed by atoms with Gasteiger partial charge in [0.15, 0.2) is 11.5 Å². The molecule has 0 aliphatic heterocycles. The van der Waals surface area contributed by atoms with E-state index in [2.05, 4.69) is 0 Å². The normalized spacial score (nSPS) is 10.2. The second kappa shape index (κ2) is 9.37. The molecule has 0 heterocycles. The van der Waals surface area contributed by atoms with Gasteiger partial charge in [0, 0.05) is 6.07 Å². The molecule has 0 N–H and O–H groups in total. The van der Waals surface area contributed by atoms with Crippen LogP contribution in [0.4, 0.5) is 10.1 Å². The molecule has 0 aromatic heterocycles. The van der Waals surface area contributed by atoms with Crippen molar-refractivity contribution in [1.29, 1.82) is 0 Å². The molecule has 0 aliphatic rings. The van der Waals surface area contributed by atoms with Crippen molar-refractivity contribution in [2.24, 2.45) is 0 Å². The topological polar surface area (TPSA) is 97.1 Å². The van der Waals surface area contributed by atoms with E-state index in [9.17, 15) is 19.3 Å². The van der Waals surface area contributed by atoms with Gasteiger partial charge in [0.2, 0.25) is 0 Å². The van der Waals surface area contributed by atoms with Crippen molar-refractivity contribution in [3.8, 4) is 17.2 Å². The Morgan fingerprint density at radius 2 is 1.81 bits per heavy atom. The van der Waals surface area contributed by atoms with Gasteiger partial charge in [-0.15, -0.1) is 0 Å². The van der Waals surface area contributed by atoms with Crippen LogP contribution in [0.1, 0.15) is 17.3 Å². The number of benzene rings is 2. The standard InChI is InChI=1S/C18H18FNO7/c1-3-25-17-10-14(15(20(22)23)11-16(17)24-2)18(21)27-9-8-26-13-6-4-12(19)5-7-13/h4-7,10-11H,3,8-9H2,1-2H3. The minimum absolute atomic E-state index is 0.000355. The van der Waals surface area contributed by atoms with Gasteiger partial charge < -0.3 is 18.9 Å². The summed E-state index contributed by atoms with van der Waals surface area (Å²) >= 11 is 0. The van der Waals surface area contributed by atoms with E-state index in [-0.39, 0.29) is 36.9 Å². The van der Waals surface area contributed by atoms with Crippen molar-refractivity contribution in [3.63, 3.8) is 0 Å². The number of carbonyl (C=O) groups excluding carboxylic acids is 1. The quantitative estimate of drug-likeness (QED) is 0.285. The Morgan fingerprint density at radius 3 is 2.41 bits per heavy atom. The van der Waals surface area contributed by atoms with Crippen LogP contribution in [0.25, 0.3) is 0 Å². The molecule has 0 spiro atoms. The van der Waals surface area contributed by atoms with E-state index in [1.54, 1.807) is 6.92 Å². The molecule has 2 rings (SSSR count). The average Bonchev–Trinajstić information content (AvgIpc) is 2.66. The number of nitro benzene ring substituents is 1. The number of nitrogens with zero attached hydrogens (tertiary/aromatic N) is 1. The molecular formula is C18H18FNO7. The van der Waals surface area contributed by atoms with E-state index >= 15 is 0 Å². The summed E-state index contributed by atoms with van der Waals surface area (Å²) in [6, 6.07) is 7.65. The summed E-state index contributed by atoms with van der Waals surface area (Å²) in [6.07, 6.45) is 0. The van der Waals surface area contributed by atoms with E-state index in [1.807, 2.05) is 0 Å². The largest absolute Gasteiger partial charge is 0.493 e. The Morgan fingerprint density at radius 1 is 1.11 bits per heavy atom. The summed E-state index contributed by atoms with van der Waals surface area (Å²) in [6.45, 7) is 1.86. The first kappa shape index (κ1) is 20.0. The Bertz CT molecular complexity index is 808. The Balaban J connectivity index is 2.06. The number of esters is 1. The zero-order chi connectivity index (χ0) is 19.8. The third-order valence-corrected chi connectivity index (χ3v) is 3.40. The summed E-state index contributed by atoms with van der Waals surface area (Å²) in [5, 5.41) is 11.3. The highest BCUT2D eigenvalue weighted by molar-refractivity contribution is 5.95. The van der Waals surface area contributed by atoms with Crippen molar-refractivity contribution in [3.05, 3.63) is 57.9 Å². The van der Waals surface area contributed by atoms with Gasteiger partial charge in [-0.05, 0) is 31.2 Å². The molecule has 0 bridgehead atoms. The fourth-order valence-corrected chi connectivity index (χ4v) is 2.19. The molecule has 144 valence electrons. The maximum Gasteiger partial charge on any atom is 0.345 e. The minimum atomic E-state index is -0.895. The Kier molecular flexibility index (Phi) is 6.93. The number of hydrogen-bond donors (Lipinski definition) is 0. The summed E-state index contributed by atoms with van der Waals surface area (Å²) in [4.78, 5) is 22.8. The van der Waals surface area contributed by atoms with Gasteiger partial charge in [-0.2, -0.15) is 0 Å². The van der Waals surface area contributed by atoms with Crippen LogP contribution >= 0.6 is 0 Å². The molecule has 0 amide bonds. The molecule has 0 radical (unpaired) electrons.